The SMILES string of the molecule is C.Cl.ClP(Cl)(Cl)(Cl)Cl.Clc1ccccc1.NC(=O)CNC(=NCc1ccc(Cl)cc1)N1CC(c2ccccc2)C(c2ccc(Cl)cc2)=N1.NCC(N)=O.O=C(NCc1ccc(Cl)cc1)N1CC(c2ccccc2)C(c2ccc(Cl)cc2)=N1. The van der Waals surface area contributed by atoms with Gasteiger partial charge in [-0.15, -0.1) is 12.4 Å². The Labute approximate surface area is 533 Å². The van der Waals surface area contributed by atoms with Crippen molar-refractivity contribution in [1.29, 1.82) is 0 Å². The van der Waals surface area contributed by atoms with Crippen LogP contribution in [0.2, 0.25) is 25.1 Å². The van der Waals surface area contributed by atoms with E-state index in [1.807, 2.05) is 152 Å². The zero-order valence-corrected chi connectivity index (χ0v) is 51.9. The Balaban J connectivity index is 0.000000325. The smallest absolute Gasteiger partial charge is 0.338 e. The van der Waals surface area contributed by atoms with Crippen molar-refractivity contribution in [2.45, 2.75) is 32.4 Å². The zero-order chi connectivity index (χ0) is 58.3. The molecule has 0 saturated carbocycles. The average molecular weight is 1350 g/mol. The number of carbonyl (C=O) groups excluding carboxylic acids is 3. The van der Waals surface area contributed by atoms with Crippen molar-refractivity contribution >= 4 is 165 Å². The van der Waals surface area contributed by atoms with E-state index in [-0.39, 0.29) is 50.8 Å². The molecule has 82 heavy (non-hydrogen) atoms. The standard InChI is InChI=1S/C25H23Cl2N5O.C23H19Cl2N3O.C6H5Cl.C2H6N2O.CH4.Cl5P.ClH/c26-20-10-6-17(7-11-20)14-29-25(30-15-23(28)33)32-16-22(18-4-2-1-3-5-18)24(31-32)19-8-12-21(27)13-9-19;24-19-10-6-16(7-11-19)14-26-23(29)28-15-21(17-4-2-1-3-5-17)22(27-28)18-8-12-20(25)13-9-18;7-6-4-2-1-3-5-6;3-1-2(4)5;;1-6(2,3,4)5;/h1-13,22H,14-16H2,(H2,28,33)(H,29,30);1-13,21H,14-15H2,(H,26,29);1-5H;1,3H2,(H2,4,5);1H4;;1H. The first-order chi connectivity index (χ1) is 38.0. The van der Waals surface area contributed by atoms with Gasteiger partial charge in [-0.2, -0.15) is 10.2 Å². The number of rotatable bonds is 11. The molecule has 7 aromatic carbocycles. The van der Waals surface area contributed by atoms with Crippen molar-refractivity contribution in [3.63, 3.8) is 0 Å². The molecular weight excluding hydrogens is 1290 g/mol. The Hall–Kier alpha value is -5.06. The number of nitrogens with zero attached hydrogens (tertiary/aromatic N) is 5. The molecule has 2 atom stereocenters. The minimum Gasteiger partial charge on any atom is -0.369 e. The van der Waals surface area contributed by atoms with Crippen LogP contribution in [0.3, 0.4) is 0 Å². The van der Waals surface area contributed by atoms with Crippen LogP contribution < -0.4 is 27.8 Å². The zero-order valence-electron chi connectivity index (χ0n) is 42.6. The molecule has 4 amide bonds. The van der Waals surface area contributed by atoms with E-state index in [1.54, 1.807) is 17.1 Å². The third-order valence-electron chi connectivity index (χ3n) is 11.0. The Bertz CT molecular complexity index is 3170. The van der Waals surface area contributed by atoms with E-state index >= 15 is 0 Å². The van der Waals surface area contributed by atoms with Crippen molar-refractivity contribution in [2.75, 3.05) is 26.2 Å². The summed E-state index contributed by atoms with van der Waals surface area (Å²) in [6, 6.07) is 59.5. The molecule has 8 N–H and O–H groups in total. The molecule has 13 nitrogen and oxygen atoms in total. The van der Waals surface area contributed by atoms with Gasteiger partial charge >= 0.3 is 65.6 Å². The number of benzene rings is 7. The molecule has 0 aliphatic carbocycles. The molecular formula is C57H58Cl11N10O3P. The molecule has 436 valence electrons. The maximum atomic E-state index is 12.8. The maximum absolute atomic E-state index is 12.8. The number of primary amides is 2. The van der Waals surface area contributed by atoms with Crippen LogP contribution in [0.5, 0.6) is 0 Å². The number of guanidine groups is 1. The predicted molar refractivity (Wildman–Crippen MR) is 351 cm³/mol. The molecule has 0 fully saturated rings. The first-order valence-electron chi connectivity index (χ1n) is 24.0. The van der Waals surface area contributed by atoms with Crippen LogP contribution in [-0.2, 0) is 22.7 Å². The van der Waals surface area contributed by atoms with Gasteiger partial charge in [0.1, 0.15) is 0 Å². The van der Waals surface area contributed by atoms with Gasteiger partial charge in [0.2, 0.25) is 17.8 Å². The van der Waals surface area contributed by atoms with Crippen molar-refractivity contribution in [2.24, 2.45) is 32.4 Å². The second-order valence-electron chi connectivity index (χ2n) is 17.1. The number of hydrogen-bond acceptors (Lipinski definition) is 7. The summed E-state index contributed by atoms with van der Waals surface area (Å²) in [5, 5.41) is 22.3. The fraction of sp³-hybridized carbons (Fsp3) is 0.158. The Morgan fingerprint density at radius 2 is 0.854 bits per heavy atom. The molecule has 9 rings (SSSR count). The number of aliphatic imine (C=N–C) groups is 1. The van der Waals surface area contributed by atoms with E-state index in [0.29, 0.717) is 52.2 Å². The number of amides is 4. The molecule has 7 aromatic rings. The minimum absolute atomic E-state index is 0. The van der Waals surface area contributed by atoms with Crippen LogP contribution in [0.25, 0.3) is 0 Å². The molecule has 2 unspecified atom stereocenters. The van der Waals surface area contributed by atoms with Gasteiger partial charge in [-0.3, -0.25) is 9.59 Å². The Morgan fingerprint density at radius 1 is 0.512 bits per heavy atom. The summed E-state index contributed by atoms with van der Waals surface area (Å²) in [6.07, 6.45) is 0. The number of hydrazone groups is 2. The Morgan fingerprint density at radius 3 is 1.22 bits per heavy atom. The largest absolute Gasteiger partial charge is 0.369 e. The van der Waals surface area contributed by atoms with E-state index in [2.05, 4.69) is 45.7 Å². The van der Waals surface area contributed by atoms with Crippen LogP contribution in [0, 0.1) is 0 Å². The summed E-state index contributed by atoms with van der Waals surface area (Å²) in [5.41, 5.74) is 22.5. The first-order valence-corrected chi connectivity index (χ1v) is 32.6. The third-order valence-corrected chi connectivity index (χ3v) is 12.3. The van der Waals surface area contributed by atoms with Gasteiger partial charge in [0.05, 0.1) is 44.1 Å². The maximum Gasteiger partial charge on any atom is 0.338 e. The Kier molecular flexibility index (Phi) is 30.6. The summed E-state index contributed by atoms with van der Waals surface area (Å²) in [7, 11) is 0. The van der Waals surface area contributed by atoms with Gasteiger partial charge in [-0.05, 0) is 94.0 Å². The molecule has 0 bridgehead atoms. The normalized spacial score (nSPS) is 14.6. The number of urea groups is 1. The van der Waals surface area contributed by atoms with E-state index in [4.69, 9.17) is 136 Å². The van der Waals surface area contributed by atoms with E-state index in [0.717, 1.165) is 49.8 Å². The van der Waals surface area contributed by atoms with Crippen LogP contribution in [-0.4, -0.2) is 71.4 Å². The fourth-order valence-corrected chi connectivity index (χ4v) is 8.00. The van der Waals surface area contributed by atoms with Gasteiger partial charge in [-0.1, -0.05) is 193 Å². The second-order valence-corrected chi connectivity index (χ2v) is 35.8. The molecule has 2 aliphatic heterocycles. The average Bonchev–Trinajstić information content (AvgIpc) is 4.32. The van der Waals surface area contributed by atoms with Crippen molar-refractivity contribution in [3.05, 3.63) is 247 Å². The second kappa shape index (κ2) is 35.3. The first kappa shape index (κ1) is 71.2. The van der Waals surface area contributed by atoms with E-state index in [1.165, 1.54) is 5.01 Å². The van der Waals surface area contributed by atoms with Crippen LogP contribution in [0.1, 0.15) is 52.6 Å². The van der Waals surface area contributed by atoms with Gasteiger partial charge in [0, 0.05) is 43.5 Å². The van der Waals surface area contributed by atoms with Gasteiger partial charge in [0.25, 0.3) is 0 Å². The van der Waals surface area contributed by atoms with Crippen LogP contribution >= 0.6 is 130 Å². The van der Waals surface area contributed by atoms with E-state index < -0.39 is 15.2 Å². The minimum atomic E-state index is -3.69. The number of hydrogen-bond donors (Lipinski definition) is 5. The monoisotopic (exact) mass is 1350 g/mol. The van der Waals surface area contributed by atoms with Crippen LogP contribution in [0.15, 0.2) is 203 Å². The number of carbonyl (C=O) groups is 3. The fourth-order valence-electron chi connectivity index (χ4n) is 7.36. The van der Waals surface area contributed by atoms with Gasteiger partial charge < -0.3 is 27.8 Å². The van der Waals surface area contributed by atoms with Gasteiger partial charge in [-0.25, -0.2) is 19.8 Å². The molecule has 0 radical (unpaired) electrons. The van der Waals surface area contributed by atoms with E-state index in [9.17, 15) is 14.4 Å². The summed E-state index contributed by atoms with van der Waals surface area (Å²) >= 11 is 54.5. The molecule has 2 heterocycles. The summed E-state index contributed by atoms with van der Waals surface area (Å²) in [5.74, 6) is -0.448. The van der Waals surface area contributed by atoms with Gasteiger partial charge in [0.15, 0.2) is 0 Å². The number of halogens is 11. The number of nitrogens with two attached hydrogens (primary N) is 3. The third kappa shape index (κ3) is 26.7. The number of nitrogens with one attached hydrogen (secondary N) is 2. The summed E-state index contributed by atoms with van der Waals surface area (Å²) in [4.78, 5) is 38.4. The predicted octanol–water partition coefficient (Wildman–Crippen LogP) is 16.3. The molecule has 0 spiro atoms. The van der Waals surface area contributed by atoms with Crippen molar-refractivity contribution in [1.82, 2.24) is 20.7 Å². The molecule has 2 aliphatic rings. The summed E-state index contributed by atoms with van der Waals surface area (Å²) in [6.45, 7) is 1.75. The van der Waals surface area contributed by atoms with Crippen LogP contribution in [0.4, 0.5) is 4.79 Å². The molecule has 0 aromatic heterocycles. The molecule has 25 heteroatoms. The summed E-state index contributed by atoms with van der Waals surface area (Å²) < 4.78 is -3.69. The molecule has 0 saturated heterocycles. The topological polar surface area (TPSA) is 197 Å². The quantitative estimate of drug-likeness (QED) is 0.0485. The van der Waals surface area contributed by atoms with Crippen molar-refractivity contribution in [3.8, 4) is 0 Å². The van der Waals surface area contributed by atoms with Crippen molar-refractivity contribution < 1.29 is 14.4 Å².